The summed E-state index contributed by atoms with van der Waals surface area (Å²) in [6.45, 7) is 8.52. The number of carboxylic acids is 1. The minimum atomic E-state index is -1.01. The van der Waals surface area contributed by atoms with Crippen molar-refractivity contribution in [3.8, 4) is 0 Å². The Hall–Kier alpha value is -0.817. The summed E-state index contributed by atoms with van der Waals surface area (Å²) in [7, 11) is 0. The molecule has 0 unspecified atom stereocenters. The molecular formula is C12H16O2Zn. The van der Waals surface area contributed by atoms with E-state index in [-0.39, 0.29) is 19.5 Å². The molecule has 2 nitrogen and oxygen atoms in total. The van der Waals surface area contributed by atoms with Gasteiger partial charge in [-0.2, -0.15) is 24.6 Å². The maximum absolute atomic E-state index is 9.91. The molecule has 78 valence electrons. The van der Waals surface area contributed by atoms with Crippen molar-refractivity contribution in [3.63, 3.8) is 0 Å². The number of hydrogen-bond acceptors (Lipinski definition) is 2. The third-order valence-corrected chi connectivity index (χ3v) is 1.46. The van der Waals surface area contributed by atoms with Crippen LogP contribution in [0.15, 0.2) is 30.3 Å². The Kier molecular flexibility index (Phi) is 8.27. The first-order chi connectivity index (χ1) is 6.34. The van der Waals surface area contributed by atoms with Crippen LogP contribution in [0.25, 0.3) is 0 Å². The van der Waals surface area contributed by atoms with E-state index in [1.54, 1.807) is 20.8 Å². The molecule has 0 atom stereocenters. The molecule has 0 bridgehead atoms. The van der Waals surface area contributed by atoms with Crippen LogP contribution in [0.2, 0.25) is 0 Å². The first-order valence-electron chi connectivity index (χ1n) is 4.42. The van der Waals surface area contributed by atoms with Crippen LogP contribution in [-0.2, 0) is 24.3 Å². The van der Waals surface area contributed by atoms with Crippen molar-refractivity contribution < 1.29 is 29.4 Å². The molecule has 0 radical (unpaired) electrons. The summed E-state index contributed by atoms with van der Waals surface area (Å²) in [5.41, 5.74) is 0.377. The van der Waals surface area contributed by atoms with E-state index in [0.29, 0.717) is 0 Å². The molecule has 0 fully saturated rings. The van der Waals surface area contributed by atoms with Crippen LogP contribution in [0, 0.1) is 12.3 Å². The van der Waals surface area contributed by atoms with Gasteiger partial charge in [0.1, 0.15) is 0 Å². The Morgan fingerprint density at radius 1 is 1.20 bits per heavy atom. The molecule has 1 aromatic carbocycles. The number of rotatable bonds is 0. The maximum Gasteiger partial charge on any atom is 2.00 e. The Labute approximate surface area is 104 Å². The summed E-state index contributed by atoms with van der Waals surface area (Å²) in [5.74, 6) is -1.01. The normalized spacial score (nSPS) is 9.27. The molecule has 3 heteroatoms. The average Bonchev–Trinajstić information content (AvgIpc) is 2.04. The second kappa shape index (κ2) is 7.47. The van der Waals surface area contributed by atoms with Crippen molar-refractivity contribution in [1.82, 2.24) is 0 Å². The van der Waals surface area contributed by atoms with E-state index in [9.17, 15) is 9.90 Å². The molecule has 1 aromatic rings. The zero-order valence-electron chi connectivity index (χ0n) is 9.62. The first kappa shape index (κ1) is 16.6. The van der Waals surface area contributed by atoms with E-state index in [2.05, 4.69) is 6.92 Å². The second-order valence-corrected chi connectivity index (χ2v) is 4.02. The van der Waals surface area contributed by atoms with E-state index in [0.717, 1.165) is 5.56 Å². The Morgan fingerprint density at radius 2 is 1.53 bits per heavy atom. The molecule has 0 aliphatic rings. The van der Waals surface area contributed by atoms with Crippen molar-refractivity contribution in [2.75, 3.05) is 0 Å². The number of aliphatic carboxylic acids is 1. The van der Waals surface area contributed by atoms with Gasteiger partial charge in [0, 0.05) is 11.4 Å². The molecule has 0 aromatic heterocycles. The molecule has 0 heterocycles. The largest absolute Gasteiger partial charge is 2.00 e. The van der Waals surface area contributed by atoms with E-state index in [4.69, 9.17) is 0 Å². The molecular weight excluding hydrogens is 242 g/mol. The minimum Gasteiger partial charge on any atom is -0.550 e. The Balaban J connectivity index is 0. The second-order valence-electron chi connectivity index (χ2n) is 4.02. The predicted molar refractivity (Wildman–Crippen MR) is 55.4 cm³/mol. The van der Waals surface area contributed by atoms with E-state index >= 15 is 0 Å². The zero-order chi connectivity index (χ0) is 11.2. The van der Waals surface area contributed by atoms with Gasteiger partial charge < -0.3 is 9.90 Å². The summed E-state index contributed by atoms with van der Waals surface area (Å²) in [6, 6.07) is 9.87. The fourth-order valence-corrected chi connectivity index (χ4v) is 0.478. The van der Waals surface area contributed by atoms with Gasteiger partial charge in [0.15, 0.2) is 0 Å². The standard InChI is InChI=1S/C7H7.C5H10O2.Zn/c1-7-5-3-2-4-6-7;1-5(2,3)4(6)7;/h2-6H,1H2;1-3H3,(H,6,7);/q-1;;+2/p-1. The van der Waals surface area contributed by atoms with Gasteiger partial charge in [-0.25, -0.2) is 0 Å². The third-order valence-electron chi connectivity index (χ3n) is 1.46. The fourth-order valence-electron chi connectivity index (χ4n) is 0.478. The van der Waals surface area contributed by atoms with Crippen LogP contribution in [0.5, 0.6) is 0 Å². The van der Waals surface area contributed by atoms with Gasteiger partial charge in [0.05, 0.1) is 0 Å². The number of benzene rings is 1. The SMILES string of the molecule is CC(C)(C)C(=O)[O-].[CH2-]c1ccccc1.[Zn+2]. The summed E-state index contributed by atoms with van der Waals surface area (Å²) in [6.07, 6.45) is 0. The number of carboxylic acid groups (broad SMARTS) is 1. The smallest absolute Gasteiger partial charge is 0.550 e. The summed E-state index contributed by atoms with van der Waals surface area (Å²) >= 11 is 0. The monoisotopic (exact) mass is 256 g/mol. The average molecular weight is 258 g/mol. The molecule has 0 amide bonds. The molecule has 15 heavy (non-hydrogen) atoms. The molecule has 0 aliphatic heterocycles. The maximum atomic E-state index is 9.91. The van der Waals surface area contributed by atoms with Crippen LogP contribution in [0.4, 0.5) is 0 Å². The molecule has 0 aliphatic carbocycles. The van der Waals surface area contributed by atoms with Crippen molar-refractivity contribution in [2.45, 2.75) is 20.8 Å². The van der Waals surface area contributed by atoms with Gasteiger partial charge in [0.25, 0.3) is 0 Å². The topological polar surface area (TPSA) is 40.1 Å². The Morgan fingerprint density at radius 3 is 1.67 bits per heavy atom. The zero-order valence-corrected chi connectivity index (χ0v) is 12.6. The minimum absolute atomic E-state index is 0. The van der Waals surface area contributed by atoms with Gasteiger partial charge in [-0.05, 0) is 0 Å². The Bertz CT molecular complexity index is 275. The molecule has 0 spiro atoms. The summed E-state index contributed by atoms with van der Waals surface area (Å²) < 4.78 is 0. The molecule has 0 saturated heterocycles. The van der Waals surface area contributed by atoms with Crippen molar-refractivity contribution >= 4 is 5.97 Å². The molecule has 1 rings (SSSR count). The molecule has 0 N–H and O–H groups in total. The van der Waals surface area contributed by atoms with Crippen LogP contribution >= 0.6 is 0 Å². The van der Waals surface area contributed by atoms with Crippen LogP contribution in [0.3, 0.4) is 0 Å². The van der Waals surface area contributed by atoms with Gasteiger partial charge in [-0.1, -0.05) is 26.8 Å². The molecule has 0 saturated carbocycles. The van der Waals surface area contributed by atoms with Crippen molar-refractivity contribution in [2.24, 2.45) is 5.41 Å². The summed E-state index contributed by atoms with van der Waals surface area (Å²) in [5, 5.41) is 9.91. The first-order valence-corrected chi connectivity index (χ1v) is 4.42. The van der Waals surface area contributed by atoms with Gasteiger partial charge in [-0.3, -0.25) is 0 Å². The number of carbonyl (C=O) groups is 1. The van der Waals surface area contributed by atoms with E-state index < -0.39 is 11.4 Å². The van der Waals surface area contributed by atoms with E-state index in [1.807, 2.05) is 30.3 Å². The number of hydrogen-bond donors (Lipinski definition) is 0. The van der Waals surface area contributed by atoms with Crippen LogP contribution in [-0.4, -0.2) is 5.97 Å². The number of carbonyl (C=O) groups excluding carboxylic acids is 1. The van der Waals surface area contributed by atoms with Crippen molar-refractivity contribution in [3.05, 3.63) is 42.8 Å². The van der Waals surface area contributed by atoms with Gasteiger partial charge >= 0.3 is 19.5 Å². The quantitative estimate of drug-likeness (QED) is 0.524. The van der Waals surface area contributed by atoms with Gasteiger partial charge in [-0.15, -0.1) is 12.1 Å². The van der Waals surface area contributed by atoms with Crippen molar-refractivity contribution in [1.29, 1.82) is 0 Å². The van der Waals surface area contributed by atoms with Crippen LogP contribution < -0.4 is 5.11 Å². The van der Waals surface area contributed by atoms with Crippen LogP contribution in [0.1, 0.15) is 26.3 Å². The third kappa shape index (κ3) is 9.49. The summed E-state index contributed by atoms with van der Waals surface area (Å²) in [4.78, 5) is 9.91. The fraction of sp³-hybridized carbons (Fsp3) is 0.333. The van der Waals surface area contributed by atoms with E-state index in [1.165, 1.54) is 0 Å². The predicted octanol–water partition coefficient (Wildman–Crippen LogP) is 1.65. The van der Waals surface area contributed by atoms with Gasteiger partial charge in [0.2, 0.25) is 0 Å².